The zero-order valence-electron chi connectivity index (χ0n) is 7.91. The molecular weight excluding hydrogens is 219 g/mol. The maximum absolute atomic E-state index is 13.1. The van der Waals surface area contributed by atoms with E-state index in [1.807, 2.05) is 0 Å². The van der Waals surface area contributed by atoms with Gasteiger partial charge in [0.2, 0.25) is 0 Å². The SMILES string of the molecule is Cc1c(N)nnn1-c1cc(F)cc(Cl)c1. The molecule has 0 aliphatic rings. The van der Waals surface area contributed by atoms with Crippen LogP contribution in [0.5, 0.6) is 0 Å². The Morgan fingerprint density at radius 3 is 2.67 bits per heavy atom. The molecule has 0 saturated heterocycles. The van der Waals surface area contributed by atoms with Crippen molar-refractivity contribution in [1.29, 1.82) is 0 Å². The topological polar surface area (TPSA) is 56.7 Å². The molecule has 0 atom stereocenters. The average Bonchev–Trinajstić information content (AvgIpc) is 2.46. The van der Waals surface area contributed by atoms with Gasteiger partial charge in [-0.25, -0.2) is 9.07 Å². The molecule has 0 bridgehead atoms. The van der Waals surface area contributed by atoms with Gasteiger partial charge < -0.3 is 5.73 Å². The van der Waals surface area contributed by atoms with E-state index in [4.69, 9.17) is 17.3 Å². The molecule has 15 heavy (non-hydrogen) atoms. The van der Waals surface area contributed by atoms with Gasteiger partial charge in [0.05, 0.1) is 11.4 Å². The van der Waals surface area contributed by atoms with E-state index in [1.165, 1.54) is 16.8 Å². The van der Waals surface area contributed by atoms with Crippen LogP contribution in [-0.4, -0.2) is 15.0 Å². The van der Waals surface area contributed by atoms with Crippen molar-refractivity contribution >= 4 is 17.4 Å². The van der Waals surface area contributed by atoms with Gasteiger partial charge in [0.15, 0.2) is 5.82 Å². The molecule has 1 aromatic heterocycles. The Bertz CT molecular complexity index is 489. The third-order valence-corrected chi connectivity index (χ3v) is 2.24. The van der Waals surface area contributed by atoms with Gasteiger partial charge in [0.1, 0.15) is 5.82 Å². The molecule has 0 unspecified atom stereocenters. The lowest BCUT2D eigenvalue weighted by atomic mass is 10.3. The van der Waals surface area contributed by atoms with E-state index in [0.29, 0.717) is 22.2 Å². The summed E-state index contributed by atoms with van der Waals surface area (Å²) in [5.74, 6) is -0.110. The number of anilines is 1. The Kier molecular flexibility index (Phi) is 2.32. The molecule has 78 valence electrons. The van der Waals surface area contributed by atoms with Crippen LogP contribution >= 0.6 is 11.6 Å². The molecule has 0 aliphatic heterocycles. The molecule has 2 aromatic rings. The lowest BCUT2D eigenvalue weighted by Gasteiger charge is -2.03. The number of nitrogens with zero attached hydrogens (tertiary/aromatic N) is 3. The normalized spacial score (nSPS) is 10.6. The Hall–Kier alpha value is -1.62. The lowest BCUT2D eigenvalue weighted by Crippen LogP contribution is -2.00. The first-order valence-electron chi connectivity index (χ1n) is 4.22. The van der Waals surface area contributed by atoms with Gasteiger partial charge >= 0.3 is 0 Å². The molecule has 1 heterocycles. The van der Waals surface area contributed by atoms with Crippen LogP contribution in [-0.2, 0) is 0 Å². The highest BCUT2D eigenvalue weighted by Gasteiger charge is 2.08. The van der Waals surface area contributed by atoms with E-state index in [1.54, 1.807) is 13.0 Å². The molecule has 2 rings (SSSR count). The highest BCUT2D eigenvalue weighted by Crippen LogP contribution is 2.19. The van der Waals surface area contributed by atoms with Crippen molar-refractivity contribution in [2.24, 2.45) is 0 Å². The first kappa shape index (κ1) is 9.92. The number of benzene rings is 1. The molecule has 0 fully saturated rings. The van der Waals surface area contributed by atoms with Crippen LogP contribution in [0.1, 0.15) is 5.69 Å². The molecule has 4 nitrogen and oxygen atoms in total. The van der Waals surface area contributed by atoms with Gasteiger partial charge in [-0.15, -0.1) is 5.10 Å². The van der Waals surface area contributed by atoms with Crippen molar-refractivity contribution in [2.75, 3.05) is 5.73 Å². The Morgan fingerprint density at radius 1 is 1.40 bits per heavy atom. The summed E-state index contributed by atoms with van der Waals surface area (Å²) in [7, 11) is 0. The molecular formula is C9H8ClFN4. The van der Waals surface area contributed by atoms with Crippen molar-refractivity contribution in [3.63, 3.8) is 0 Å². The molecule has 1 aromatic carbocycles. The van der Waals surface area contributed by atoms with Gasteiger partial charge in [-0.05, 0) is 25.1 Å². The highest BCUT2D eigenvalue weighted by atomic mass is 35.5. The van der Waals surface area contributed by atoms with E-state index >= 15 is 0 Å². The van der Waals surface area contributed by atoms with E-state index < -0.39 is 5.82 Å². The average molecular weight is 227 g/mol. The first-order chi connectivity index (χ1) is 7.08. The van der Waals surface area contributed by atoms with E-state index in [0.717, 1.165) is 0 Å². The van der Waals surface area contributed by atoms with Crippen LogP contribution in [0.15, 0.2) is 18.2 Å². The van der Waals surface area contributed by atoms with E-state index in [9.17, 15) is 4.39 Å². The Balaban J connectivity index is 2.58. The van der Waals surface area contributed by atoms with Crippen molar-refractivity contribution in [3.8, 4) is 5.69 Å². The lowest BCUT2D eigenvalue weighted by molar-refractivity contribution is 0.624. The van der Waals surface area contributed by atoms with Crippen molar-refractivity contribution in [1.82, 2.24) is 15.0 Å². The molecule has 0 amide bonds. The predicted molar refractivity (Wildman–Crippen MR) is 55.5 cm³/mol. The molecule has 0 spiro atoms. The summed E-state index contributed by atoms with van der Waals surface area (Å²) in [5.41, 5.74) is 6.68. The van der Waals surface area contributed by atoms with Crippen LogP contribution in [0.3, 0.4) is 0 Å². The second-order valence-corrected chi connectivity index (χ2v) is 3.54. The summed E-state index contributed by atoms with van der Waals surface area (Å²) < 4.78 is 14.5. The zero-order valence-corrected chi connectivity index (χ0v) is 8.66. The second kappa shape index (κ2) is 3.51. The Morgan fingerprint density at radius 2 is 2.13 bits per heavy atom. The van der Waals surface area contributed by atoms with Crippen molar-refractivity contribution in [3.05, 3.63) is 34.7 Å². The second-order valence-electron chi connectivity index (χ2n) is 3.10. The molecule has 2 N–H and O–H groups in total. The minimum Gasteiger partial charge on any atom is -0.381 e. The third-order valence-electron chi connectivity index (χ3n) is 2.02. The summed E-state index contributed by atoms with van der Waals surface area (Å²) in [6.45, 7) is 1.74. The summed E-state index contributed by atoms with van der Waals surface area (Å²) in [4.78, 5) is 0. The van der Waals surface area contributed by atoms with Gasteiger partial charge in [0.25, 0.3) is 0 Å². The van der Waals surface area contributed by atoms with Crippen LogP contribution in [0.25, 0.3) is 5.69 Å². The standard InChI is InChI=1S/C9H8ClFN4/c1-5-9(12)13-14-15(5)8-3-6(10)2-7(11)4-8/h2-4H,12H2,1H3. The maximum atomic E-state index is 13.1. The number of aromatic nitrogens is 3. The Labute approximate surface area is 90.5 Å². The molecule has 0 saturated carbocycles. The quantitative estimate of drug-likeness (QED) is 0.809. The fourth-order valence-electron chi connectivity index (χ4n) is 1.25. The molecule has 6 heteroatoms. The fraction of sp³-hybridized carbons (Fsp3) is 0.111. The third kappa shape index (κ3) is 1.78. The fourth-order valence-corrected chi connectivity index (χ4v) is 1.46. The van der Waals surface area contributed by atoms with Gasteiger partial charge in [-0.2, -0.15) is 0 Å². The number of nitrogens with two attached hydrogens (primary N) is 1. The summed E-state index contributed by atoms with van der Waals surface area (Å²) in [6, 6.07) is 4.12. The predicted octanol–water partition coefficient (Wildman–Crippen LogP) is 1.95. The first-order valence-corrected chi connectivity index (χ1v) is 4.60. The highest BCUT2D eigenvalue weighted by molar-refractivity contribution is 6.30. The van der Waals surface area contributed by atoms with Crippen molar-refractivity contribution < 1.29 is 4.39 Å². The van der Waals surface area contributed by atoms with Crippen LogP contribution in [0, 0.1) is 12.7 Å². The molecule has 0 aliphatic carbocycles. The van der Waals surface area contributed by atoms with Crippen LogP contribution in [0.2, 0.25) is 5.02 Å². The van der Waals surface area contributed by atoms with Crippen LogP contribution < -0.4 is 5.73 Å². The van der Waals surface area contributed by atoms with E-state index in [-0.39, 0.29) is 0 Å². The van der Waals surface area contributed by atoms with Crippen molar-refractivity contribution in [2.45, 2.75) is 6.92 Å². The number of hydrogen-bond donors (Lipinski definition) is 1. The number of halogens is 2. The number of rotatable bonds is 1. The monoisotopic (exact) mass is 226 g/mol. The molecule has 0 radical (unpaired) electrons. The van der Waals surface area contributed by atoms with Gasteiger partial charge in [-0.1, -0.05) is 16.8 Å². The minimum atomic E-state index is -0.425. The number of nitrogen functional groups attached to an aromatic ring is 1. The minimum absolute atomic E-state index is 0.304. The summed E-state index contributed by atoms with van der Waals surface area (Å²) in [6.07, 6.45) is 0. The van der Waals surface area contributed by atoms with Gasteiger partial charge in [-0.3, -0.25) is 0 Å². The summed E-state index contributed by atoms with van der Waals surface area (Å²) in [5, 5.41) is 7.77. The zero-order chi connectivity index (χ0) is 11.0. The van der Waals surface area contributed by atoms with E-state index in [2.05, 4.69) is 10.3 Å². The maximum Gasteiger partial charge on any atom is 0.169 e. The smallest absolute Gasteiger partial charge is 0.169 e. The number of hydrogen-bond acceptors (Lipinski definition) is 3. The largest absolute Gasteiger partial charge is 0.381 e. The van der Waals surface area contributed by atoms with Gasteiger partial charge in [0, 0.05) is 5.02 Å². The van der Waals surface area contributed by atoms with Crippen LogP contribution in [0.4, 0.5) is 10.2 Å². The summed E-state index contributed by atoms with van der Waals surface area (Å²) >= 11 is 5.73.